The molecule has 1 unspecified atom stereocenters. The molecule has 1 aromatic carbocycles. The molecule has 0 spiro atoms. The van der Waals surface area contributed by atoms with Crippen molar-refractivity contribution >= 4 is 50.8 Å². The lowest BCUT2D eigenvalue weighted by atomic mass is 9.97. The summed E-state index contributed by atoms with van der Waals surface area (Å²) in [6, 6.07) is 15.6. The number of hydrogen-bond acceptors (Lipinski definition) is 7. The molecule has 4 N–H and O–H groups in total. The van der Waals surface area contributed by atoms with Crippen LogP contribution in [0.15, 0.2) is 54.7 Å². The van der Waals surface area contributed by atoms with Gasteiger partial charge in [-0.05, 0) is 73.9 Å². The highest BCUT2D eigenvalue weighted by atomic mass is 35.5. The normalized spacial score (nSPS) is 15.1. The number of nitrogens with zero attached hydrogens (tertiary/aromatic N) is 2. The van der Waals surface area contributed by atoms with Gasteiger partial charge >= 0.3 is 0 Å². The molecule has 8 heteroatoms. The summed E-state index contributed by atoms with van der Waals surface area (Å²) in [5.41, 5.74) is 8.54. The Bertz CT molecular complexity index is 1330. The zero-order chi connectivity index (χ0) is 23.9. The standard InChI is InChI=1S/C26H27ClN4OS2/c1-26(2,32)17-10-11-29-20(13-17)18-5-3-4-16-12-21(34-25(16)18)24(31-33-14-15-6-7-15)23-19(27)8-9-22(28)30-23/h3-5,8-13,15,24,31-32H,6-7,14H2,1-2H3,(H2,28,30). The molecule has 0 radical (unpaired) electrons. The smallest absolute Gasteiger partial charge is 0.123 e. The fourth-order valence-electron chi connectivity index (χ4n) is 3.84. The molecule has 3 heterocycles. The van der Waals surface area contributed by atoms with Crippen LogP contribution >= 0.6 is 34.9 Å². The minimum absolute atomic E-state index is 0.180. The molecule has 5 rings (SSSR count). The van der Waals surface area contributed by atoms with Gasteiger partial charge < -0.3 is 10.8 Å². The Balaban J connectivity index is 1.57. The van der Waals surface area contributed by atoms with E-state index in [0.29, 0.717) is 10.8 Å². The first kappa shape index (κ1) is 23.6. The highest BCUT2D eigenvalue weighted by Gasteiger charge is 2.26. The number of thiophene rings is 1. The molecule has 1 atom stereocenters. The maximum Gasteiger partial charge on any atom is 0.123 e. The van der Waals surface area contributed by atoms with E-state index in [2.05, 4.69) is 32.9 Å². The average Bonchev–Trinajstić information content (AvgIpc) is 3.53. The van der Waals surface area contributed by atoms with Crippen molar-refractivity contribution in [3.8, 4) is 11.3 Å². The van der Waals surface area contributed by atoms with E-state index >= 15 is 0 Å². The van der Waals surface area contributed by atoms with Crippen LogP contribution in [0.2, 0.25) is 5.02 Å². The van der Waals surface area contributed by atoms with Gasteiger partial charge in [0, 0.05) is 27.1 Å². The summed E-state index contributed by atoms with van der Waals surface area (Å²) < 4.78 is 4.75. The van der Waals surface area contributed by atoms with Crippen molar-refractivity contribution in [2.45, 2.75) is 38.3 Å². The van der Waals surface area contributed by atoms with Crippen molar-refractivity contribution in [3.05, 3.63) is 75.9 Å². The number of fused-ring (bicyclic) bond motifs is 1. The van der Waals surface area contributed by atoms with Gasteiger partial charge in [-0.2, -0.15) is 0 Å². The molecule has 0 bridgehead atoms. The molecular weight excluding hydrogens is 484 g/mol. The summed E-state index contributed by atoms with van der Waals surface area (Å²) in [4.78, 5) is 10.3. The maximum atomic E-state index is 10.5. The van der Waals surface area contributed by atoms with Gasteiger partial charge in [0.1, 0.15) is 5.82 Å². The number of benzene rings is 1. The van der Waals surface area contributed by atoms with Gasteiger partial charge in [0.15, 0.2) is 0 Å². The summed E-state index contributed by atoms with van der Waals surface area (Å²) in [6.45, 7) is 3.57. The van der Waals surface area contributed by atoms with Crippen molar-refractivity contribution in [2.75, 3.05) is 11.5 Å². The summed E-state index contributed by atoms with van der Waals surface area (Å²) in [5, 5.41) is 12.2. The van der Waals surface area contributed by atoms with Gasteiger partial charge in [0.05, 0.1) is 28.1 Å². The first-order chi connectivity index (χ1) is 16.3. The van der Waals surface area contributed by atoms with Crippen LogP contribution in [0.25, 0.3) is 21.3 Å². The first-order valence-electron chi connectivity index (χ1n) is 11.3. The van der Waals surface area contributed by atoms with Crippen LogP contribution in [0.5, 0.6) is 0 Å². The van der Waals surface area contributed by atoms with E-state index in [-0.39, 0.29) is 6.04 Å². The Morgan fingerprint density at radius 1 is 1.24 bits per heavy atom. The summed E-state index contributed by atoms with van der Waals surface area (Å²) in [6.07, 6.45) is 4.37. The molecule has 1 saturated carbocycles. The van der Waals surface area contributed by atoms with Gasteiger partial charge in [-0.1, -0.05) is 41.7 Å². The van der Waals surface area contributed by atoms with Gasteiger partial charge in [0.25, 0.3) is 0 Å². The number of rotatable bonds is 8. The topological polar surface area (TPSA) is 84.1 Å². The Morgan fingerprint density at radius 3 is 2.82 bits per heavy atom. The Labute approximate surface area is 212 Å². The third kappa shape index (κ3) is 5.09. The highest BCUT2D eigenvalue weighted by Crippen LogP contribution is 2.41. The van der Waals surface area contributed by atoms with Crippen LogP contribution in [0.3, 0.4) is 0 Å². The minimum atomic E-state index is -0.935. The third-order valence-electron chi connectivity index (χ3n) is 5.98. The molecule has 0 saturated heterocycles. The number of pyridine rings is 2. The molecule has 3 aromatic heterocycles. The lowest BCUT2D eigenvalue weighted by molar-refractivity contribution is 0.0785. The van der Waals surface area contributed by atoms with E-state index in [0.717, 1.165) is 49.1 Å². The van der Waals surface area contributed by atoms with Crippen LogP contribution < -0.4 is 10.5 Å². The van der Waals surface area contributed by atoms with Crippen LogP contribution in [0.1, 0.15) is 48.9 Å². The van der Waals surface area contributed by atoms with Gasteiger partial charge in [-0.25, -0.2) is 9.71 Å². The lowest BCUT2D eigenvalue weighted by Crippen LogP contribution is -2.18. The second-order valence-corrected chi connectivity index (χ2v) is 11.6. The predicted molar refractivity (Wildman–Crippen MR) is 144 cm³/mol. The summed E-state index contributed by atoms with van der Waals surface area (Å²) in [7, 11) is 0. The third-order valence-corrected chi connectivity index (χ3v) is 8.58. The van der Waals surface area contributed by atoms with Crippen molar-refractivity contribution < 1.29 is 5.11 Å². The molecular formula is C26H27ClN4OS2. The van der Waals surface area contributed by atoms with Crippen molar-refractivity contribution in [1.29, 1.82) is 0 Å². The number of nitrogens with one attached hydrogen (secondary N) is 1. The van der Waals surface area contributed by atoms with Crippen LogP contribution in [0.4, 0.5) is 5.82 Å². The molecule has 5 nitrogen and oxygen atoms in total. The Morgan fingerprint density at radius 2 is 2.06 bits per heavy atom. The SMILES string of the molecule is CC(C)(O)c1ccnc(-c2cccc3cc(C(NSCC4CC4)c4nc(N)ccc4Cl)sc23)c1. The Kier molecular flexibility index (Phi) is 6.57. The van der Waals surface area contributed by atoms with E-state index in [9.17, 15) is 5.11 Å². The zero-order valence-corrected chi connectivity index (χ0v) is 21.5. The second-order valence-electron chi connectivity index (χ2n) is 9.27. The summed E-state index contributed by atoms with van der Waals surface area (Å²) in [5.74, 6) is 2.32. The van der Waals surface area contributed by atoms with E-state index in [1.165, 1.54) is 12.8 Å². The van der Waals surface area contributed by atoms with Gasteiger partial charge in [-0.3, -0.25) is 4.98 Å². The van der Waals surface area contributed by atoms with Crippen molar-refractivity contribution in [1.82, 2.24) is 14.7 Å². The molecule has 0 amide bonds. The van der Waals surface area contributed by atoms with Crippen LogP contribution in [0, 0.1) is 5.92 Å². The number of aliphatic hydroxyl groups is 1. The molecule has 176 valence electrons. The van der Waals surface area contributed by atoms with Crippen molar-refractivity contribution in [3.63, 3.8) is 0 Å². The van der Waals surface area contributed by atoms with E-state index in [1.54, 1.807) is 49.4 Å². The molecule has 34 heavy (non-hydrogen) atoms. The van der Waals surface area contributed by atoms with Crippen LogP contribution in [-0.2, 0) is 5.60 Å². The maximum absolute atomic E-state index is 10.5. The molecule has 1 aliphatic carbocycles. The number of aromatic nitrogens is 2. The fraction of sp³-hybridized carbons (Fsp3) is 0.308. The first-order valence-corrected chi connectivity index (χ1v) is 13.5. The van der Waals surface area contributed by atoms with Crippen LogP contribution in [-0.4, -0.2) is 20.8 Å². The molecule has 0 aliphatic heterocycles. The van der Waals surface area contributed by atoms with E-state index < -0.39 is 5.60 Å². The second kappa shape index (κ2) is 9.47. The fourth-order valence-corrected chi connectivity index (χ4v) is 6.44. The average molecular weight is 511 g/mol. The Hall–Kier alpha value is -2.16. The predicted octanol–water partition coefficient (Wildman–Crippen LogP) is 6.56. The number of anilines is 1. The zero-order valence-electron chi connectivity index (χ0n) is 19.1. The highest BCUT2D eigenvalue weighted by molar-refractivity contribution is 7.97. The lowest BCUT2D eigenvalue weighted by Gasteiger charge is -2.18. The van der Waals surface area contributed by atoms with Crippen molar-refractivity contribution in [2.24, 2.45) is 5.92 Å². The number of halogens is 1. The summed E-state index contributed by atoms with van der Waals surface area (Å²) >= 11 is 10.0. The molecule has 4 aromatic rings. The molecule has 1 fully saturated rings. The molecule has 1 aliphatic rings. The largest absolute Gasteiger partial charge is 0.386 e. The number of hydrogen-bond donors (Lipinski definition) is 3. The van der Waals surface area contributed by atoms with Gasteiger partial charge in [0.2, 0.25) is 0 Å². The monoisotopic (exact) mass is 510 g/mol. The van der Waals surface area contributed by atoms with E-state index in [1.807, 2.05) is 24.3 Å². The number of nitrogen functional groups attached to an aromatic ring is 1. The number of nitrogens with two attached hydrogens (primary N) is 1. The quantitative estimate of drug-likeness (QED) is 0.233. The van der Waals surface area contributed by atoms with Gasteiger partial charge in [-0.15, -0.1) is 11.3 Å². The minimum Gasteiger partial charge on any atom is -0.386 e. The van der Waals surface area contributed by atoms with E-state index in [4.69, 9.17) is 17.3 Å².